The minimum absolute atomic E-state index is 0.134. The number of nitrogens with one attached hydrogen (secondary N) is 1. The van der Waals surface area contributed by atoms with Gasteiger partial charge in [0.2, 0.25) is 0 Å². The maximum absolute atomic E-state index is 12.2. The van der Waals surface area contributed by atoms with Crippen LogP contribution in [0, 0.1) is 5.41 Å². The molecule has 1 unspecified atom stereocenters. The molecule has 2 rings (SSSR count). The van der Waals surface area contributed by atoms with Crippen LogP contribution in [0.5, 0.6) is 0 Å². The topological polar surface area (TPSA) is 41.6 Å². The lowest BCUT2D eigenvalue weighted by atomic mass is 9.68. The van der Waals surface area contributed by atoms with Crippen LogP contribution in [0.2, 0.25) is 0 Å². The summed E-state index contributed by atoms with van der Waals surface area (Å²) in [6, 6.07) is 0. The van der Waals surface area contributed by atoms with Crippen LogP contribution in [0.3, 0.4) is 0 Å². The molecular formula is C17H32N2O2. The average Bonchev–Trinajstić information content (AvgIpc) is 2.51. The van der Waals surface area contributed by atoms with Gasteiger partial charge in [0.05, 0.1) is 6.61 Å². The van der Waals surface area contributed by atoms with E-state index >= 15 is 0 Å². The number of carbonyl (C=O) groups excluding carboxylic acids is 1. The zero-order chi connectivity index (χ0) is 15.3. The van der Waals surface area contributed by atoms with E-state index in [0.717, 1.165) is 19.6 Å². The van der Waals surface area contributed by atoms with Gasteiger partial charge >= 0.3 is 5.97 Å². The smallest absolute Gasteiger partial charge is 0.327 e. The molecule has 21 heavy (non-hydrogen) atoms. The van der Waals surface area contributed by atoms with Gasteiger partial charge in [-0.1, -0.05) is 19.3 Å². The number of nitrogens with zero attached hydrogens (tertiary/aromatic N) is 1. The Kier molecular flexibility index (Phi) is 5.67. The molecule has 1 saturated carbocycles. The number of ether oxygens (including phenoxy) is 1. The molecule has 0 aromatic heterocycles. The molecule has 1 spiro atoms. The summed E-state index contributed by atoms with van der Waals surface area (Å²) in [4.78, 5) is 14.6. The summed E-state index contributed by atoms with van der Waals surface area (Å²) in [6.45, 7) is 7.25. The molecule has 2 aliphatic rings. The lowest BCUT2D eigenvalue weighted by Gasteiger charge is -2.46. The SMILES string of the molecule is CCOC(=O)C(C)(CN1CCC2(CCCCC2)CC1)NC. The second-order valence-corrected chi connectivity index (χ2v) is 7.14. The molecular weight excluding hydrogens is 264 g/mol. The molecule has 1 aliphatic carbocycles. The quantitative estimate of drug-likeness (QED) is 0.792. The Labute approximate surface area is 129 Å². The molecule has 1 atom stereocenters. The maximum atomic E-state index is 12.2. The first-order chi connectivity index (χ1) is 10.0. The maximum Gasteiger partial charge on any atom is 0.327 e. The predicted octanol–water partition coefficient (Wildman–Crippen LogP) is 2.57. The van der Waals surface area contributed by atoms with Crippen molar-refractivity contribution in [3.05, 3.63) is 0 Å². The van der Waals surface area contributed by atoms with Crippen LogP contribution in [0.15, 0.2) is 0 Å². The molecule has 0 bridgehead atoms. The van der Waals surface area contributed by atoms with E-state index in [1.807, 2.05) is 20.9 Å². The summed E-state index contributed by atoms with van der Waals surface area (Å²) >= 11 is 0. The Hall–Kier alpha value is -0.610. The van der Waals surface area contributed by atoms with Crippen LogP contribution in [0.4, 0.5) is 0 Å². The lowest BCUT2D eigenvalue weighted by Crippen LogP contribution is -2.58. The van der Waals surface area contributed by atoms with Crippen LogP contribution in [0.25, 0.3) is 0 Å². The van der Waals surface area contributed by atoms with Crippen LogP contribution in [-0.4, -0.2) is 49.7 Å². The first kappa shape index (κ1) is 16.8. The highest BCUT2D eigenvalue weighted by Crippen LogP contribution is 2.44. The Morgan fingerprint density at radius 1 is 1.19 bits per heavy atom. The van der Waals surface area contributed by atoms with Gasteiger partial charge in [0, 0.05) is 6.54 Å². The standard InChI is InChI=1S/C17H32N2O2/c1-4-21-15(20)16(2,18-3)14-19-12-10-17(11-13-19)8-6-5-7-9-17/h18H,4-14H2,1-3H3. The van der Waals surface area contributed by atoms with E-state index < -0.39 is 5.54 Å². The molecule has 1 saturated heterocycles. The second-order valence-electron chi connectivity index (χ2n) is 7.14. The summed E-state index contributed by atoms with van der Waals surface area (Å²) in [5.41, 5.74) is 0.0296. The third kappa shape index (κ3) is 3.98. The van der Waals surface area contributed by atoms with Crippen molar-refractivity contribution in [3.8, 4) is 0 Å². The summed E-state index contributed by atoms with van der Waals surface area (Å²) in [5, 5.41) is 3.17. The number of esters is 1. The molecule has 4 heteroatoms. The van der Waals surface area contributed by atoms with E-state index in [-0.39, 0.29) is 5.97 Å². The van der Waals surface area contributed by atoms with Gasteiger partial charge in [-0.2, -0.15) is 0 Å². The van der Waals surface area contributed by atoms with Gasteiger partial charge in [0.1, 0.15) is 5.54 Å². The highest BCUT2D eigenvalue weighted by atomic mass is 16.5. The van der Waals surface area contributed by atoms with Crippen molar-refractivity contribution < 1.29 is 9.53 Å². The Morgan fingerprint density at radius 2 is 1.81 bits per heavy atom. The highest BCUT2D eigenvalue weighted by Gasteiger charge is 2.39. The Balaban J connectivity index is 1.88. The Bertz CT molecular complexity index is 343. The number of hydrogen-bond donors (Lipinski definition) is 1. The van der Waals surface area contributed by atoms with Crippen molar-refractivity contribution in [2.45, 2.75) is 64.3 Å². The van der Waals surface area contributed by atoms with Gasteiger partial charge in [-0.25, -0.2) is 0 Å². The van der Waals surface area contributed by atoms with Crippen molar-refractivity contribution in [2.24, 2.45) is 5.41 Å². The van der Waals surface area contributed by atoms with E-state index in [0.29, 0.717) is 12.0 Å². The number of piperidine rings is 1. The molecule has 0 radical (unpaired) electrons. The van der Waals surface area contributed by atoms with Gasteiger partial charge in [0.25, 0.3) is 0 Å². The number of likely N-dealkylation sites (tertiary alicyclic amines) is 1. The lowest BCUT2D eigenvalue weighted by molar-refractivity contribution is -0.151. The largest absolute Gasteiger partial charge is 0.465 e. The Morgan fingerprint density at radius 3 is 2.33 bits per heavy atom. The van der Waals surface area contributed by atoms with Crippen LogP contribution >= 0.6 is 0 Å². The van der Waals surface area contributed by atoms with E-state index in [2.05, 4.69) is 10.2 Å². The molecule has 1 heterocycles. The van der Waals surface area contributed by atoms with Crippen molar-refractivity contribution in [1.29, 1.82) is 0 Å². The third-order valence-corrected chi connectivity index (χ3v) is 5.65. The molecule has 2 fully saturated rings. The minimum atomic E-state index is -0.590. The molecule has 0 aromatic rings. The van der Waals surface area contributed by atoms with Gasteiger partial charge in [-0.15, -0.1) is 0 Å². The molecule has 1 N–H and O–H groups in total. The van der Waals surface area contributed by atoms with Gasteiger partial charge in [-0.3, -0.25) is 4.79 Å². The van der Waals surface area contributed by atoms with Crippen LogP contribution in [0.1, 0.15) is 58.8 Å². The summed E-state index contributed by atoms with van der Waals surface area (Å²) in [7, 11) is 1.85. The van der Waals surface area contributed by atoms with Gasteiger partial charge in [-0.05, 0) is 65.1 Å². The number of carbonyl (C=O) groups is 1. The van der Waals surface area contributed by atoms with Gasteiger partial charge in [0.15, 0.2) is 0 Å². The zero-order valence-corrected chi connectivity index (χ0v) is 14.0. The zero-order valence-electron chi connectivity index (χ0n) is 14.0. The number of likely N-dealkylation sites (N-methyl/N-ethyl adjacent to an activating group) is 1. The predicted molar refractivity (Wildman–Crippen MR) is 85.3 cm³/mol. The monoisotopic (exact) mass is 296 g/mol. The van der Waals surface area contributed by atoms with Crippen molar-refractivity contribution in [1.82, 2.24) is 10.2 Å². The molecule has 4 nitrogen and oxygen atoms in total. The average molecular weight is 296 g/mol. The van der Waals surface area contributed by atoms with Crippen molar-refractivity contribution in [2.75, 3.05) is 33.3 Å². The minimum Gasteiger partial charge on any atom is -0.465 e. The first-order valence-corrected chi connectivity index (χ1v) is 8.62. The fraction of sp³-hybridized carbons (Fsp3) is 0.941. The fourth-order valence-electron chi connectivity index (χ4n) is 3.97. The number of hydrogen-bond acceptors (Lipinski definition) is 4. The molecule has 0 amide bonds. The van der Waals surface area contributed by atoms with E-state index in [1.165, 1.54) is 44.9 Å². The second kappa shape index (κ2) is 7.10. The molecule has 0 aromatic carbocycles. The third-order valence-electron chi connectivity index (χ3n) is 5.65. The molecule has 122 valence electrons. The highest BCUT2D eigenvalue weighted by molar-refractivity contribution is 5.80. The van der Waals surface area contributed by atoms with Crippen molar-refractivity contribution >= 4 is 5.97 Å². The van der Waals surface area contributed by atoms with E-state index in [9.17, 15) is 4.79 Å². The normalized spacial score (nSPS) is 25.5. The van der Waals surface area contributed by atoms with Crippen molar-refractivity contribution in [3.63, 3.8) is 0 Å². The van der Waals surface area contributed by atoms with E-state index in [1.54, 1.807) is 0 Å². The van der Waals surface area contributed by atoms with Crippen LogP contribution in [-0.2, 0) is 9.53 Å². The summed E-state index contributed by atoms with van der Waals surface area (Å²) in [6.07, 6.45) is 9.69. The summed E-state index contributed by atoms with van der Waals surface area (Å²) < 4.78 is 5.22. The van der Waals surface area contributed by atoms with Crippen LogP contribution < -0.4 is 5.32 Å². The molecule has 1 aliphatic heterocycles. The van der Waals surface area contributed by atoms with E-state index in [4.69, 9.17) is 4.74 Å². The first-order valence-electron chi connectivity index (χ1n) is 8.62. The number of rotatable bonds is 5. The summed E-state index contributed by atoms with van der Waals surface area (Å²) in [5.74, 6) is -0.134. The fourth-order valence-corrected chi connectivity index (χ4v) is 3.97. The van der Waals surface area contributed by atoms with Gasteiger partial charge < -0.3 is 15.0 Å².